The molecule has 1 rings (SSSR count). The van der Waals surface area contributed by atoms with Crippen LogP contribution in [0.4, 0.5) is 11.4 Å². The van der Waals surface area contributed by atoms with E-state index in [0.29, 0.717) is 17.8 Å². The number of hydrogen-bond donors (Lipinski definition) is 1. The van der Waals surface area contributed by atoms with Gasteiger partial charge in [0.25, 0.3) is 5.69 Å². The Morgan fingerprint density at radius 1 is 1.30 bits per heavy atom. The molecule has 0 atom stereocenters. The topological polar surface area (TPSA) is 103 Å². The lowest BCUT2D eigenvalue weighted by molar-refractivity contribution is -0.384. The quantitative estimate of drug-likeness (QED) is 0.331. The predicted octanol–water partition coefficient (Wildman–Crippen LogP) is 4.04. The van der Waals surface area contributed by atoms with Crippen molar-refractivity contribution >= 4 is 24.7 Å². The third-order valence-electron chi connectivity index (χ3n) is 3.36. The molecule has 9 heteroatoms. The Hall–Kier alpha value is -1.76. The monoisotopic (exact) mass is 343 g/mol. The van der Waals surface area contributed by atoms with Gasteiger partial charge in [-0.25, -0.2) is 0 Å². The van der Waals surface area contributed by atoms with Gasteiger partial charge in [-0.05, 0) is 32.9 Å². The van der Waals surface area contributed by atoms with Gasteiger partial charge in [0.05, 0.1) is 15.8 Å². The highest BCUT2D eigenvalue weighted by Gasteiger charge is 2.42. The Labute approximate surface area is 135 Å². The van der Waals surface area contributed by atoms with Crippen LogP contribution < -0.4 is 5.43 Å². The number of nitro groups is 1. The first-order valence-electron chi connectivity index (χ1n) is 6.90. The average molecular weight is 343 g/mol. The fraction of sp³-hybridized carbons (Fsp3) is 0.500. The molecule has 0 unspecified atom stereocenters. The maximum atomic E-state index is 12.5. The van der Waals surface area contributed by atoms with Crippen LogP contribution in [0.1, 0.15) is 27.2 Å². The first kappa shape index (κ1) is 19.3. The molecular formula is C14H22N3O5P. The minimum Gasteiger partial charge on any atom is -0.312 e. The van der Waals surface area contributed by atoms with E-state index in [1.54, 1.807) is 32.9 Å². The van der Waals surface area contributed by atoms with Gasteiger partial charge in [0, 0.05) is 38.5 Å². The maximum absolute atomic E-state index is 12.5. The average Bonchev–Trinajstić information content (AvgIpc) is 2.51. The molecule has 0 aliphatic rings. The number of anilines is 1. The number of hydrazone groups is 1. The summed E-state index contributed by atoms with van der Waals surface area (Å²) in [6.07, 6.45) is 0.395. The predicted molar refractivity (Wildman–Crippen MR) is 90.1 cm³/mol. The second-order valence-electron chi connectivity index (χ2n) is 5.61. The molecule has 0 spiro atoms. The van der Waals surface area contributed by atoms with Crippen molar-refractivity contribution in [1.82, 2.24) is 0 Å². The molecule has 0 radical (unpaired) electrons. The van der Waals surface area contributed by atoms with E-state index >= 15 is 0 Å². The van der Waals surface area contributed by atoms with Crippen LogP contribution in [-0.4, -0.2) is 30.0 Å². The van der Waals surface area contributed by atoms with Crippen molar-refractivity contribution in [2.45, 2.75) is 32.3 Å². The molecule has 23 heavy (non-hydrogen) atoms. The summed E-state index contributed by atoms with van der Waals surface area (Å²) in [4.78, 5) is 10.1. The Bertz CT molecular complexity index is 620. The van der Waals surface area contributed by atoms with E-state index in [-0.39, 0.29) is 5.69 Å². The molecule has 8 nitrogen and oxygen atoms in total. The van der Waals surface area contributed by atoms with Crippen molar-refractivity contribution in [3.05, 3.63) is 34.4 Å². The molecule has 0 saturated heterocycles. The molecule has 0 heterocycles. The summed E-state index contributed by atoms with van der Waals surface area (Å²) < 4.78 is 22.6. The van der Waals surface area contributed by atoms with Crippen LogP contribution in [0.2, 0.25) is 0 Å². The van der Waals surface area contributed by atoms with Gasteiger partial charge < -0.3 is 9.05 Å². The zero-order chi connectivity index (χ0) is 17.7. The van der Waals surface area contributed by atoms with E-state index in [0.717, 1.165) is 0 Å². The lowest BCUT2D eigenvalue weighted by Gasteiger charge is -2.30. The van der Waals surface area contributed by atoms with E-state index in [4.69, 9.17) is 9.05 Å². The molecular weight excluding hydrogens is 321 g/mol. The molecule has 1 aromatic carbocycles. The zero-order valence-electron chi connectivity index (χ0n) is 13.9. The van der Waals surface area contributed by atoms with Gasteiger partial charge in [-0.15, -0.1) is 0 Å². The van der Waals surface area contributed by atoms with Gasteiger partial charge in [-0.1, -0.05) is 0 Å². The van der Waals surface area contributed by atoms with Crippen LogP contribution in [-0.2, 0) is 13.6 Å². The Morgan fingerprint density at radius 2 is 1.83 bits per heavy atom. The highest BCUT2D eigenvalue weighted by Crippen LogP contribution is 2.60. The lowest BCUT2D eigenvalue weighted by atomic mass is 10.1. The highest BCUT2D eigenvalue weighted by molar-refractivity contribution is 7.55. The van der Waals surface area contributed by atoms with Crippen molar-refractivity contribution < 1.29 is 18.5 Å². The summed E-state index contributed by atoms with van der Waals surface area (Å²) in [5.74, 6) is 0. The highest BCUT2D eigenvalue weighted by atomic mass is 31.2. The van der Waals surface area contributed by atoms with Crippen molar-refractivity contribution in [2.24, 2.45) is 5.10 Å². The SMILES string of the molecule is COP(=O)(OC)C(C)(C)C/C(C)=N/Nc1ccc([N+](=O)[O-])cc1. The van der Waals surface area contributed by atoms with Crippen molar-refractivity contribution in [3.8, 4) is 0 Å². The molecule has 128 valence electrons. The zero-order valence-corrected chi connectivity index (χ0v) is 14.8. The van der Waals surface area contributed by atoms with Gasteiger partial charge in [0.15, 0.2) is 0 Å². The summed E-state index contributed by atoms with van der Waals surface area (Å²) >= 11 is 0. The summed E-state index contributed by atoms with van der Waals surface area (Å²) in [6, 6.07) is 5.91. The van der Waals surface area contributed by atoms with Crippen molar-refractivity contribution in [3.63, 3.8) is 0 Å². The second kappa shape index (κ2) is 7.68. The normalized spacial score (nSPS) is 13.0. The van der Waals surface area contributed by atoms with Crippen LogP contribution in [0, 0.1) is 10.1 Å². The number of nitro benzene ring substituents is 1. The molecule has 1 aromatic rings. The smallest absolute Gasteiger partial charge is 0.312 e. The minimum absolute atomic E-state index is 0.0125. The number of hydrogen-bond acceptors (Lipinski definition) is 7. The van der Waals surface area contributed by atoms with Crippen LogP contribution in [0.3, 0.4) is 0 Å². The molecule has 0 amide bonds. The standard InChI is InChI=1S/C14H22N3O5P/c1-11(10-14(2,3)23(20,21-4)22-5)15-16-12-6-8-13(9-7-12)17(18)19/h6-9,16H,10H2,1-5H3/b15-11+. The van der Waals surface area contributed by atoms with E-state index in [9.17, 15) is 14.7 Å². The summed E-state index contributed by atoms with van der Waals surface area (Å²) in [7, 11) is -0.525. The molecule has 0 aliphatic heterocycles. The summed E-state index contributed by atoms with van der Waals surface area (Å²) in [5, 5.41) is 14.1. The van der Waals surface area contributed by atoms with E-state index in [1.807, 2.05) is 0 Å². The molecule has 0 saturated carbocycles. The first-order chi connectivity index (χ1) is 10.6. The van der Waals surface area contributed by atoms with Gasteiger partial charge in [0.2, 0.25) is 0 Å². The number of nitrogens with zero attached hydrogens (tertiary/aromatic N) is 2. The third kappa shape index (κ3) is 4.86. The molecule has 0 aliphatic carbocycles. The molecule has 0 fully saturated rings. The van der Waals surface area contributed by atoms with Crippen LogP contribution >= 0.6 is 7.60 Å². The fourth-order valence-corrected chi connectivity index (χ4v) is 3.71. The van der Waals surface area contributed by atoms with Crippen LogP contribution in [0.25, 0.3) is 0 Å². The van der Waals surface area contributed by atoms with E-state index < -0.39 is 17.7 Å². The van der Waals surface area contributed by atoms with Crippen molar-refractivity contribution in [2.75, 3.05) is 19.6 Å². The summed E-state index contributed by atoms with van der Waals surface area (Å²) in [6.45, 7) is 5.35. The van der Waals surface area contributed by atoms with E-state index in [2.05, 4.69) is 10.5 Å². The van der Waals surface area contributed by atoms with Crippen LogP contribution in [0.15, 0.2) is 29.4 Å². The van der Waals surface area contributed by atoms with Gasteiger partial charge >= 0.3 is 7.60 Å². The maximum Gasteiger partial charge on any atom is 0.336 e. The molecule has 1 N–H and O–H groups in total. The van der Waals surface area contributed by atoms with Gasteiger partial charge in [-0.3, -0.25) is 20.1 Å². The number of benzene rings is 1. The molecule has 0 aromatic heterocycles. The number of rotatable bonds is 8. The largest absolute Gasteiger partial charge is 0.336 e. The van der Waals surface area contributed by atoms with Crippen molar-refractivity contribution in [1.29, 1.82) is 0 Å². The Kier molecular flexibility index (Phi) is 6.44. The lowest BCUT2D eigenvalue weighted by Crippen LogP contribution is -2.25. The van der Waals surface area contributed by atoms with E-state index in [1.165, 1.54) is 26.4 Å². The third-order valence-corrected chi connectivity index (χ3v) is 5.97. The Morgan fingerprint density at radius 3 is 2.26 bits per heavy atom. The van der Waals surface area contributed by atoms with Gasteiger partial charge in [-0.2, -0.15) is 5.10 Å². The van der Waals surface area contributed by atoms with Gasteiger partial charge in [0.1, 0.15) is 0 Å². The fourth-order valence-electron chi connectivity index (χ4n) is 2.15. The second-order valence-corrected chi connectivity index (χ2v) is 8.55. The first-order valence-corrected chi connectivity index (χ1v) is 8.44. The minimum atomic E-state index is -3.23. The van der Waals surface area contributed by atoms with Crippen LogP contribution in [0.5, 0.6) is 0 Å². The molecule has 0 bridgehead atoms. The Balaban J connectivity index is 2.77. The number of non-ortho nitro benzene ring substituents is 1. The summed E-state index contributed by atoms with van der Waals surface area (Å²) in [5.41, 5.74) is 4.14. The number of nitrogens with one attached hydrogen (secondary N) is 1.